The minimum atomic E-state index is -0.679. The fraction of sp³-hybridized carbons (Fsp3) is 0.538. The van der Waals surface area contributed by atoms with E-state index in [2.05, 4.69) is 51.3 Å². The normalized spacial score (nSPS) is 15.4. The fourth-order valence-corrected chi connectivity index (χ4v) is 8.32. The molecule has 0 bridgehead atoms. The van der Waals surface area contributed by atoms with E-state index in [1.807, 2.05) is 24.3 Å². The Kier molecular flexibility index (Phi) is 20.0. The second-order valence-electron chi connectivity index (χ2n) is 17.2. The van der Waals surface area contributed by atoms with Crippen LogP contribution in [0.25, 0.3) is 22.3 Å². The van der Waals surface area contributed by atoms with Gasteiger partial charge in [-0.3, -0.25) is 0 Å². The molecule has 0 spiro atoms. The number of aliphatic hydroxyl groups excluding tert-OH is 2. The van der Waals surface area contributed by atoms with Gasteiger partial charge in [-0.25, -0.2) is 14.0 Å². The van der Waals surface area contributed by atoms with Gasteiger partial charge in [0.05, 0.1) is 33.0 Å². The van der Waals surface area contributed by atoms with Gasteiger partial charge in [0.15, 0.2) is 0 Å². The SMILES string of the molecule is C=C(C)C(=O)OCCCc1cc(-c2ccc(-c3ccc([C@H]4CC[C@H](CCCCC)CC4)cc3)cc2F)cc(CCCOC(=O)C(=C)C)c1OCCC(CO)(CO)CCCC. The molecule has 1 saturated carbocycles. The highest BCUT2D eigenvalue weighted by Crippen LogP contribution is 2.40. The van der Waals surface area contributed by atoms with Gasteiger partial charge in [0, 0.05) is 22.1 Å². The maximum Gasteiger partial charge on any atom is 0.333 e. The Morgan fingerprint density at radius 2 is 1.27 bits per heavy atom. The number of benzene rings is 3. The van der Waals surface area contributed by atoms with E-state index in [4.69, 9.17) is 14.2 Å². The molecule has 2 N–H and O–H groups in total. The fourth-order valence-electron chi connectivity index (χ4n) is 8.32. The van der Waals surface area contributed by atoms with Gasteiger partial charge in [0.25, 0.3) is 0 Å². The van der Waals surface area contributed by atoms with Gasteiger partial charge >= 0.3 is 11.9 Å². The van der Waals surface area contributed by atoms with Crippen molar-refractivity contribution in [3.8, 4) is 28.0 Å². The van der Waals surface area contributed by atoms with Crippen LogP contribution in [-0.4, -0.2) is 55.2 Å². The summed E-state index contributed by atoms with van der Waals surface area (Å²) in [5, 5.41) is 20.6. The van der Waals surface area contributed by atoms with Crippen molar-refractivity contribution in [2.45, 2.75) is 136 Å². The molecule has 3 aromatic rings. The first kappa shape index (κ1) is 48.4. The molecule has 7 nitrogen and oxygen atoms in total. The van der Waals surface area contributed by atoms with E-state index in [1.165, 1.54) is 56.9 Å². The van der Waals surface area contributed by atoms with E-state index in [9.17, 15) is 19.8 Å². The topological polar surface area (TPSA) is 102 Å². The molecule has 1 fully saturated rings. The number of aryl methyl sites for hydroxylation is 2. The van der Waals surface area contributed by atoms with Crippen LogP contribution in [0.2, 0.25) is 0 Å². The van der Waals surface area contributed by atoms with Crippen LogP contribution in [0.5, 0.6) is 5.75 Å². The zero-order valence-corrected chi connectivity index (χ0v) is 36.9. The number of rotatable bonds is 26. The monoisotopic (exact) mass is 827 g/mol. The highest BCUT2D eigenvalue weighted by molar-refractivity contribution is 5.87. The molecule has 0 atom stereocenters. The first-order valence-electron chi connectivity index (χ1n) is 22.5. The van der Waals surface area contributed by atoms with Crippen LogP contribution in [0.4, 0.5) is 4.39 Å². The number of unbranched alkanes of at least 4 members (excludes halogenated alkanes) is 3. The summed E-state index contributed by atoms with van der Waals surface area (Å²) in [4.78, 5) is 24.3. The van der Waals surface area contributed by atoms with Gasteiger partial charge in [0.1, 0.15) is 11.6 Å². The summed E-state index contributed by atoms with van der Waals surface area (Å²) in [5.74, 6) is 0.804. The summed E-state index contributed by atoms with van der Waals surface area (Å²) >= 11 is 0. The maximum atomic E-state index is 16.3. The number of carbonyl (C=O) groups excluding carboxylic acids is 2. The molecule has 0 aliphatic heterocycles. The van der Waals surface area contributed by atoms with Crippen LogP contribution in [0, 0.1) is 17.2 Å². The molecule has 0 radical (unpaired) electrons. The second kappa shape index (κ2) is 24.9. The molecule has 3 aromatic carbocycles. The number of hydrogen-bond acceptors (Lipinski definition) is 7. The van der Waals surface area contributed by atoms with E-state index in [0.29, 0.717) is 72.5 Å². The van der Waals surface area contributed by atoms with E-state index in [-0.39, 0.29) is 38.9 Å². The quantitative estimate of drug-likeness (QED) is 0.0472. The molecule has 0 aromatic heterocycles. The lowest BCUT2D eigenvalue weighted by molar-refractivity contribution is -0.139. The third kappa shape index (κ3) is 14.4. The van der Waals surface area contributed by atoms with Crippen molar-refractivity contribution in [3.05, 3.63) is 101 Å². The largest absolute Gasteiger partial charge is 0.493 e. The number of esters is 2. The molecule has 8 heteroatoms. The van der Waals surface area contributed by atoms with Crippen molar-refractivity contribution < 1.29 is 38.4 Å². The highest BCUT2D eigenvalue weighted by Gasteiger charge is 2.29. The van der Waals surface area contributed by atoms with E-state index >= 15 is 4.39 Å². The summed E-state index contributed by atoms with van der Waals surface area (Å²) in [7, 11) is 0. The molecule has 1 aliphatic carbocycles. The number of ether oxygens (including phenoxy) is 3. The second-order valence-corrected chi connectivity index (χ2v) is 17.2. The zero-order valence-electron chi connectivity index (χ0n) is 36.9. The average Bonchev–Trinajstić information content (AvgIpc) is 3.25. The van der Waals surface area contributed by atoms with Gasteiger partial charge in [0.2, 0.25) is 0 Å². The predicted octanol–water partition coefficient (Wildman–Crippen LogP) is 12.0. The van der Waals surface area contributed by atoms with Crippen molar-refractivity contribution in [2.75, 3.05) is 33.0 Å². The lowest BCUT2D eigenvalue weighted by Crippen LogP contribution is -2.32. The van der Waals surface area contributed by atoms with Crippen LogP contribution >= 0.6 is 0 Å². The predicted molar refractivity (Wildman–Crippen MR) is 241 cm³/mol. The van der Waals surface area contributed by atoms with E-state index in [1.54, 1.807) is 19.9 Å². The molecular formula is C52H71FO7. The third-order valence-corrected chi connectivity index (χ3v) is 12.3. The average molecular weight is 827 g/mol. The first-order chi connectivity index (χ1) is 28.9. The minimum Gasteiger partial charge on any atom is -0.493 e. The summed E-state index contributed by atoms with van der Waals surface area (Å²) in [6.45, 7) is 15.1. The van der Waals surface area contributed by atoms with Crippen molar-refractivity contribution in [1.29, 1.82) is 0 Å². The summed E-state index contributed by atoms with van der Waals surface area (Å²) < 4.78 is 33.7. The molecule has 4 rings (SSSR count). The number of halogens is 1. The van der Waals surface area contributed by atoms with Gasteiger partial charge in [-0.05, 0) is 141 Å². The number of carbonyl (C=O) groups is 2. The first-order valence-corrected chi connectivity index (χ1v) is 22.5. The Morgan fingerprint density at radius 3 is 1.78 bits per heavy atom. The summed E-state index contributed by atoms with van der Waals surface area (Å²) in [6.07, 6.45) is 15.2. The Hall–Kier alpha value is -4.27. The number of aliphatic hydroxyl groups is 2. The Morgan fingerprint density at radius 1 is 0.700 bits per heavy atom. The molecule has 328 valence electrons. The molecular weight excluding hydrogens is 756 g/mol. The molecule has 0 heterocycles. The van der Waals surface area contributed by atoms with Gasteiger partial charge in [-0.15, -0.1) is 0 Å². The van der Waals surface area contributed by atoms with Gasteiger partial charge in [-0.1, -0.05) is 102 Å². The van der Waals surface area contributed by atoms with Crippen LogP contribution in [0.1, 0.15) is 140 Å². The molecule has 60 heavy (non-hydrogen) atoms. The Balaban J connectivity index is 1.62. The smallest absolute Gasteiger partial charge is 0.333 e. The van der Waals surface area contributed by atoms with Crippen molar-refractivity contribution in [2.24, 2.45) is 11.3 Å². The van der Waals surface area contributed by atoms with E-state index in [0.717, 1.165) is 41.0 Å². The van der Waals surface area contributed by atoms with Gasteiger partial charge in [-0.2, -0.15) is 0 Å². The lowest BCUT2D eigenvalue weighted by atomic mass is 9.77. The molecule has 0 unspecified atom stereocenters. The minimum absolute atomic E-state index is 0.159. The lowest BCUT2D eigenvalue weighted by Gasteiger charge is -2.30. The summed E-state index contributed by atoms with van der Waals surface area (Å²) in [5.41, 5.74) is 5.86. The maximum absolute atomic E-state index is 16.3. The van der Waals surface area contributed by atoms with Crippen molar-refractivity contribution in [1.82, 2.24) is 0 Å². The number of hydrogen-bond donors (Lipinski definition) is 2. The molecule has 1 aliphatic rings. The van der Waals surface area contributed by atoms with E-state index < -0.39 is 17.4 Å². The van der Waals surface area contributed by atoms with Crippen molar-refractivity contribution in [3.63, 3.8) is 0 Å². The summed E-state index contributed by atoms with van der Waals surface area (Å²) in [6, 6.07) is 17.9. The van der Waals surface area contributed by atoms with Crippen LogP contribution < -0.4 is 4.74 Å². The molecule has 0 amide bonds. The van der Waals surface area contributed by atoms with Gasteiger partial charge < -0.3 is 24.4 Å². The Labute approximate surface area is 359 Å². The molecule has 0 saturated heterocycles. The van der Waals surface area contributed by atoms with Crippen LogP contribution in [0.3, 0.4) is 0 Å². The van der Waals surface area contributed by atoms with Crippen LogP contribution in [-0.2, 0) is 31.9 Å². The highest BCUT2D eigenvalue weighted by atomic mass is 19.1. The third-order valence-electron chi connectivity index (χ3n) is 12.3. The zero-order chi connectivity index (χ0) is 43.5. The van der Waals surface area contributed by atoms with Crippen LogP contribution in [0.15, 0.2) is 78.9 Å². The van der Waals surface area contributed by atoms with Crippen molar-refractivity contribution >= 4 is 11.9 Å². The Bertz CT molecular complexity index is 1780. The standard InChI is InChI=1S/C52H71FO7/c1-7-9-11-14-39-17-19-40(20-18-39)41-21-23-42(24-22-41)43-25-26-47(48(53)34-43)46-32-44(15-12-29-59-50(56)37(3)4)49(45(33-46)16-13-30-60-51(57)38(5)6)58-31-28-52(35-54,36-55)27-10-8-2/h21-26,32-34,39-40,54-55H,3,5,7-20,27-31,35-36H2,1-2,4,6H3/t39-,40-.